The second-order valence-corrected chi connectivity index (χ2v) is 2.13. The third kappa shape index (κ3) is 0.554. The third-order valence-electron chi connectivity index (χ3n) is 1.39. The molecule has 1 fully saturated rings. The van der Waals surface area contributed by atoms with Gasteiger partial charge in [-0.25, -0.2) is 0 Å². The van der Waals surface area contributed by atoms with Gasteiger partial charge < -0.3 is 4.84 Å². The molecule has 3 heteroatoms. The molecule has 0 bridgehead atoms. The first-order valence-corrected chi connectivity index (χ1v) is 2.83. The van der Waals surface area contributed by atoms with Crippen molar-refractivity contribution in [1.29, 1.82) is 0 Å². The molecular formula is C5H8N2O. The summed E-state index contributed by atoms with van der Waals surface area (Å²) < 4.78 is 0. The van der Waals surface area contributed by atoms with Crippen LogP contribution in [0.2, 0.25) is 0 Å². The fourth-order valence-corrected chi connectivity index (χ4v) is 0.767. The normalized spacial score (nSPS) is 26.2. The first-order chi connectivity index (χ1) is 3.97. The minimum absolute atomic E-state index is 0.703. The summed E-state index contributed by atoms with van der Waals surface area (Å²) in [6, 6.07) is 0.703. The van der Waals surface area contributed by atoms with Gasteiger partial charge in [0.2, 0.25) is 0 Å². The Balaban J connectivity index is 1.95. The van der Waals surface area contributed by atoms with E-state index in [1.54, 1.807) is 6.26 Å². The summed E-state index contributed by atoms with van der Waals surface area (Å²) in [6.07, 6.45) is 6.15. The molecule has 0 aromatic carbocycles. The molecule has 1 saturated carbocycles. The number of hydrogen-bond acceptors (Lipinski definition) is 3. The maximum absolute atomic E-state index is 4.75. The monoisotopic (exact) mass is 112 g/mol. The molecule has 3 nitrogen and oxygen atoms in total. The Labute approximate surface area is 47.8 Å². The predicted molar refractivity (Wildman–Crippen MR) is 28.2 cm³/mol. The van der Waals surface area contributed by atoms with Gasteiger partial charge in [-0.1, -0.05) is 5.59 Å². The highest BCUT2D eigenvalue weighted by Crippen LogP contribution is 2.26. The summed E-state index contributed by atoms with van der Waals surface area (Å²) in [5.74, 6) is 0. The molecule has 1 aliphatic carbocycles. The van der Waals surface area contributed by atoms with Crippen LogP contribution in [0.4, 0.5) is 0 Å². The van der Waals surface area contributed by atoms with Crippen molar-refractivity contribution in [1.82, 2.24) is 10.6 Å². The van der Waals surface area contributed by atoms with E-state index < -0.39 is 0 Å². The van der Waals surface area contributed by atoms with Crippen LogP contribution in [0.25, 0.3) is 0 Å². The van der Waals surface area contributed by atoms with Gasteiger partial charge in [-0.05, 0) is 12.8 Å². The molecule has 1 heterocycles. The van der Waals surface area contributed by atoms with Gasteiger partial charge in [-0.15, -0.1) is 0 Å². The van der Waals surface area contributed by atoms with Crippen LogP contribution in [0.5, 0.6) is 0 Å². The highest BCUT2D eigenvalue weighted by Gasteiger charge is 2.28. The molecule has 0 spiro atoms. The van der Waals surface area contributed by atoms with Crippen LogP contribution in [0, 0.1) is 0 Å². The maximum atomic E-state index is 4.75. The van der Waals surface area contributed by atoms with Gasteiger partial charge >= 0.3 is 0 Å². The number of hydrogen-bond donors (Lipinski definition) is 1. The van der Waals surface area contributed by atoms with E-state index >= 15 is 0 Å². The highest BCUT2D eigenvalue weighted by atomic mass is 16.7. The zero-order valence-electron chi connectivity index (χ0n) is 4.50. The fraction of sp³-hybridized carbons (Fsp3) is 0.600. The molecule has 44 valence electrons. The summed E-state index contributed by atoms with van der Waals surface area (Å²) in [7, 11) is 0. The Morgan fingerprint density at radius 1 is 1.62 bits per heavy atom. The van der Waals surface area contributed by atoms with Crippen molar-refractivity contribution >= 4 is 0 Å². The minimum atomic E-state index is 0.703. The molecule has 0 amide bonds. The summed E-state index contributed by atoms with van der Waals surface area (Å²) >= 11 is 0. The van der Waals surface area contributed by atoms with E-state index in [0.717, 1.165) is 0 Å². The standard InChI is InChI=1S/C5H8N2O/c1-2-5(1)7-3-4-8-6-7/h3-6H,1-2H2. The van der Waals surface area contributed by atoms with Crippen molar-refractivity contribution in [3.05, 3.63) is 12.5 Å². The number of hydrazine groups is 1. The van der Waals surface area contributed by atoms with Crippen LogP contribution < -0.4 is 5.59 Å². The fourth-order valence-electron chi connectivity index (χ4n) is 0.767. The van der Waals surface area contributed by atoms with Gasteiger partial charge in [0.25, 0.3) is 0 Å². The minimum Gasteiger partial charge on any atom is -0.395 e. The van der Waals surface area contributed by atoms with Gasteiger partial charge in [-0.3, -0.25) is 5.01 Å². The second kappa shape index (κ2) is 1.39. The lowest BCUT2D eigenvalue weighted by molar-refractivity contribution is 0.0312. The zero-order chi connectivity index (χ0) is 5.40. The van der Waals surface area contributed by atoms with Crippen LogP contribution in [-0.4, -0.2) is 11.1 Å². The highest BCUT2D eigenvalue weighted by molar-refractivity contribution is 4.90. The zero-order valence-corrected chi connectivity index (χ0v) is 4.50. The van der Waals surface area contributed by atoms with E-state index in [2.05, 4.69) is 5.59 Å². The van der Waals surface area contributed by atoms with E-state index in [1.807, 2.05) is 11.2 Å². The lowest BCUT2D eigenvalue weighted by Crippen LogP contribution is -2.29. The first kappa shape index (κ1) is 4.21. The van der Waals surface area contributed by atoms with Crippen molar-refractivity contribution in [2.75, 3.05) is 0 Å². The SMILES string of the molecule is C1=CN(C2CC2)NO1. The Morgan fingerprint density at radius 2 is 2.50 bits per heavy atom. The summed E-state index contributed by atoms with van der Waals surface area (Å²) in [5, 5.41) is 1.99. The molecule has 2 rings (SSSR count). The van der Waals surface area contributed by atoms with Crippen molar-refractivity contribution in [3.63, 3.8) is 0 Å². The van der Waals surface area contributed by atoms with Crippen molar-refractivity contribution in [2.45, 2.75) is 18.9 Å². The molecule has 0 unspecified atom stereocenters. The van der Waals surface area contributed by atoms with Crippen molar-refractivity contribution in [3.8, 4) is 0 Å². The lowest BCUT2D eigenvalue weighted by atomic mass is 10.7. The quantitative estimate of drug-likeness (QED) is 0.530. The van der Waals surface area contributed by atoms with Crippen LogP contribution in [0.3, 0.4) is 0 Å². The Hall–Kier alpha value is -0.700. The second-order valence-electron chi connectivity index (χ2n) is 2.13. The van der Waals surface area contributed by atoms with Crippen LogP contribution >= 0.6 is 0 Å². The largest absolute Gasteiger partial charge is 0.395 e. The topological polar surface area (TPSA) is 24.5 Å². The molecule has 0 atom stereocenters. The lowest BCUT2D eigenvalue weighted by Gasteiger charge is -2.10. The van der Waals surface area contributed by atoms with Gasteiger partial charge in [0.05, 0.1) is 6.20 Å². The average Bonchev–Trinajstić information content (AvgIpc) is 2.49. The third-order valence-corrected chi connectivity index (χ3v) is 1.39. The Kier molecular flexibility index (Phi) is 0.729. The number of nitrogens with one attached hydrogen (secondary N) is 1. The molecule has 0 aromatic rings. The molecule has 8 heavy (non-hydrogen) atoms. The molecule has 1 N–H and O–H groups in total. The van der Waals surface area contributed by atoms with Gasteiger partial charge in [-0.2, -0.15) is 0 Å². The van der Waals surface area contributed by atoms with Crippen LogP contribution in [0.1, 0.15) is 12.8 Å². The predicted octanol–water partition coefficient (Wildman–Crippen LogP) is 0.372. The Morgan fingerprint density at radius 3 is 3.00 bits per heavy atom. The number of nitrogens with zero attached hydrogens (tertiary/aromatic N) is 1. The van der Waals surface area contributed by atoms with E-state index in [-0.39, 0.29) is 0 Å². The number of rotatable bonds is 1. The smallest absolute Gasteiger partial charge is 0.131 e. The molecule has 0 saturated heterocycles. The van der Waals surface area contributed by atoms with E-state index in [0.29, 0.717) is 6.04 Å². The van der Waals surface area contributed by atoms with Gasteiger partial charge in [0.1, 0.15) is 6.26 Å². The average molecular weight is 112 g/mol. The maximum Gasteiger partial charge on any atom is 0.131 e. The summed E-state index contributed by atoms with van der Waals surface area (Å²) in [6.45, 7) is 0. The van der Waals surface area contributed by atoms with E-state index in [4.69, 9.17) is 4.84 Å². The summed E-state index contributed by atoms with van der Waals surface area (Å²) in [5.41, 5.74) is 2.74. The van der Waals surface area contributed by atoms with Gasteiger partial charge in [0.15, 0.2) is 0 Å². The first-order valence-electron chi connectivity index (χ1n) is 2.83. The van der Waals surface area contributed by atoms with Crippen LogP contribution in [-0.2, 0) is 4.84 Å². The summed E-state index contributed by atoms with van der Waals surface area (Å²) in [4.78, 5) is 4.75. The van der Waals surface area contributed by atoms with Crippen molar-refractivity contribution in [2.24, 2.45) is 0 Å². The molecule has 1 aliphatic heterocycles. The molecular weight excluding hydrogens is 104 g/mol. The molecule has 0 radical (unpaired) electrons. The van der Waals surface area contributed by atoms with Gasteiger partial charge in [0, 0.05) is 6.04 Å². The van der Waals surface area contributed by atoms with Crippen molar-refractivity contribution < 1.29 is 4.84 Å². The van der Waals surface area contributed by atoms with Crippen LogP contribution in [0.15, 0.2) is 12.5 Å². The molecule has 0 aromatic heterocycles. The van der Waals surface area contributed by atoms with E-state index in [1.165, 1.54) is 12.8 Å². The Bertz CT molecular complexity index is 120. The van der Waals surface area contributed by atoms with E-state index in [9.17, 15) is 0 Å². The molecule has 2 aliphatic rings.